The van der Waals surface area contributed by atoms with Crippen molar-refractivity contribution in [2.75, 3.05) is 0 Å². The molecule has 0 aliphatic heterocycles. The Labute approximate surface area is 121 Å². The SMILES string of the molecule is O=C(O)c1cc2cc(CNCc3ccncc3)ccc2o1. The number of furan rings is 1. The minimum atomic E-state index is -1.05. The number of carboxylic acids is 1. The van der Waals surface area contributed by atoms with Crippen LogP contribution in [0.4, 0.5) is 0 Å². The highest BCUT2D eigenvalue weighted by Gasteiger charge is 2.10. The molecule has 2 N–H and O–H groups in total. The van der Waals surface area contributed by atoms with Gasteiger partial charge in [-0.1, -0.05) is 6.07 Å². The summed E-state index contributed by atoms with van der Waals surface area (Å²) >= 11 is 0. The van der Waals surface area contributed by atoms with Gasteiger partial charge in [0.15, 0.2) is 0 Å². The first-order valence-electron chi connectivity index (χ1n) is 6.58. The molecule has 1 aromatic carbocycles. The summed E-state index contributed by atoms with van der Waals surface area (Å²) in [6.45, 7) is 1.46. The summed E-state index contributed by atoms with van der Waals surface area (Å²) in [5.74, 6) is -1.09. The molecule has 2 heterocycles. The number of carboxylic acid groups (broad SMARTS) is 1. The Morgan fingerprint density at radius 3 is 2.62 bits per heavy atom. The zero-order chi connectivity index (χ0) is 14.7. The van der Waals surface area contributed by atoms with E-state index < -0.39 is 5.97 Å². The summed E-state index contributed by atoms with van der Waals surface area (Å²) in [4.78, 5) is 14.8. The van der Waals surface area contributed by atoms with E-state index in [0.717, 1.165) is 17.5 Å². The van der Waals surface area contributed by atoms with Crippen molar-refractivity contribution < 1.29 is 14.3 Å². The Morgan fingerprint density at radius 2 is 1.86 bits per heavy atom. The summed E-state index contributed by atoms with van der Waals surface area (Å²) in [5, 5.41) is 13.1. The number of hydrogen-bond donors (Lipinski definition) is 2. The van der Waals surface area contributed by atoms with E-state index in [1.807, 2.05) is 24.3 Å². The van der Waals surface area contributed by atoms with E-state index in [9.17, 15) is 4.79 Å². The third kappa shape index (κ3) is 3.09. The zero-order valence-electron chi connectivity index (χ0n) is 11.2. The van der Waals surface area contributed by atoms with Gasteiger partial charge in [0.25, 0.3) is 0 Å². The predicted molar refractivity (Wildman–Crippen MR) is 78.0 cm³/mol. The van der Waals surface area contributed by atoms with Crippen molar-refractivity contribution >= 4 is 16.9 Å². The van der Waals surface area contributed by atoms with E-state index in [-0.39, 0.29) is 5.76 Å². The number of benzene rings is 1. The van der Waals surface area contributed by atoms with Crippen molar-refractivity contribution in [3.05, 3.63) is 65.7 Å². The van der Waals surface area contributed by atoms with Gasteiger partial charge in [0.05, 0.1) is 0 Å². The van der Waals surface area contributed by atoms with Gasteiger partial charge in [-0.15, -0.1) is 0 Å². The highest BCUT2D eigenvalue weighted by atomic mass is 16.4. The first-order valence-corrected chi connectivity index (χ1v) is 6.58. The van der Waals surface area contributed by atoms with Crippen LogP contribution in [0.5, 0.6) is 0 Å². The van der Waals surface area contributed by atoms with Gasteiger partial charge in [0, 0.05) is 30.9 Å². The second-order valence-corrected chi connectivity index (χ2v) is 4.75. The number of pyridine rings is 1. The molecule has 0 saturated heterocycles. The summed E-state index contributed by atoms with van der Waals surface area (Å²) in [6.07, 6.45) is 3.53. The molecule has 0 amide bonds. The van der Waals surface area contributed by atoms with Crippen LogP contribution in [0.15, 0.2) is 53.2 Å². The summed E-state index contributed by atoms with van der Waals surface area (Å²) in [7, 11) is 0. The molecular weight excluding hydrogens is 268 g/mol. The molecule has 3 aromatic rings. The van der Waals surface area contributed by atoms with Crippen LogP contribution < -0.4 is 5.32 Å². The third-order valence-corrected chi connectivity index (χ3v) is 3.20. The molecule has 0 unspecified atom stereocenters. The second-order valence-electron chi connectivity index (χ2n) is 4.75. The fraction of sp³-hybridized carbons (Fsp3) is 0.125. The number of fused-ring (bicyclic) bond motifs is 1. The maximum absolute atomic E-state index is 10.9. The molecule has 0 aliphatic carbocycles. The fourth-order valence-corrected chi connectivity index (χ4v) is 2.16. The Kier molecular flexibility index (Phi) is 3.66. The van der Waals surface area contributed by atoms with Crippen LogP contribution in [0.2, 0.25) is 0 Å². The molecule has 0 bridgehead atoms. The van der Waals surface area contributed by atoms with Gasteiger partial charge in [-0.2, -0.15) is 0 Å². The van der Waals surface area contributed by atoms with Crippen LogP contribution in [0.3, 0.4) is 0 Å². The molecule has 3 rings (SSSR count). The lowest BCUT2D eigenvalue weighted by molar-refractivity contribution is 0.0665. The van der Waals surface area contributed by atoms with Gasteiger partial charge in [-0.3, -0.25) is 4.98 Å². The first-order chi connectivity index (χ1) is 10.2. The highest BCUT2D eigenvalue weighted by Crippen LogP contribution is 2.20. The van der Waals surface area contributed by atoms with Gasteiger partial charge in [0.2, 0.25) is 5.76 Å². The number of nitrogens with zero attached hydrogens (tertiary/aromatic N) is 1. The monoisotopic (exact) mass is 282 g/mol. The van der Waals surface area contributed by atoms with E-state index >= 15 is 0 Å². The maximum Gasteiger partial charge on any atom is 0.371 e. The summed E-state index contributed by atoms with van der Waals surface area (Å²) in [5.41, 5.74) is 2.84. The number of rotatable bonds is 5. The molecule has 21 heavy (non-hydrogen) atoms. The van der Waals surface area contributed by atoms with E-state index in [1.165, 1.54) is 5.56 Å². The molecular formula is C16H14N2O3. The first kappa shape index (κ1) is 13.3. The van der Waals surface area contributed by atoms with Crippen LogP contribution in [0.25, 0.3) is 11.0 Å². The number of aromatic carboxylic acids is 1. The van der Waals surface area contributed by atoms with Gasteiger partial charge in [-0.25, -0.2) is 4.79 Å². The molecule has 5 nitrogen and oxygen atoms in total. The number of hydrogen-bond acceptors (Lipinski definition) is 4. The van der Waals surface area contributed by atoms with Crippen LogP contribution in [0.1, 0.15) is 21.7 Å². The highest BCUT2D eigenvalue weighted by molar-refractivity contribution is 5.91. The standard InChI is InChI=1S/C16H14N2O3/c19-16(20)15-8-13-7-12(1-2-14(13)21-15)10-18-9-11-3-5-17-6-4-11/h1-8,18H,9-10H2,(H,19,20). The third-order valence-electron chi connectivity index (χ3n) is 3.20. The van der Waals surface area contributed by atoms with Gasteiger partial charge in [-0.05, 0) is 41.5 Å². The van der Waals surface area contributed by atoms with Crippen LogP contribution in [-0.4, -0.2) is 16.1 Å². The van der Waals surface area contributed by atoms with Crippen molar-refractivity contribution in [2.45, 2.75) is 13.1 Å². The van der Waals surface area contributed by atoms with Crippen LogP contribution >= 0.6 is 0 Å². The molecule has 2 aromatic heterocycles. The zero-order valence-corrected chi connectivity index (χ0v) is 11.2. The molecule has 5 heteroatoms. The summed E-state index contributed by atoms with van der Waals surface area (Å²) in [6, 6.07) is 11.1. The van der Waals surface area contributed by atoms with Crippen molar-refractivity contribution in [2.24, 2.45) is 0 Å². The van der Waals surface area contributed by atoms with Crippen molar-refractivity contribution in [3.63, 3.8) is 0 Å². The number of carbonyl (C=O) groups is 1. The molecule has 0 fully saturated rings. The van der Waals surface area contributed by atoms with E-state index in [4.69, 9.17) is 9.52 Å². The van der Waals surface area contributed by atoms with Gasteiger partial charge >= 0.3 is 5.97 Å². The van der Waals surface area contributed by atoms with Crippen LogP contribution in [-0.2, 0) is 13.1 Å². The predicted octanol–water partition coefficient (Wildman–Crippen LogP) is 2.82. The van der Waals surface area contributed by atoms with Crippen molar-refractivity contribution in [1.82, 2.24) is 10.3 Å². The normalized spacial score (nSPS) is 10.9. The Balaban J connectivity index is 1.68. The lowest BCUT2D eigenvalue weighted by atomic mass is 10.1. The smallest absolute Gasteiger partial charge is 0.371 e. The second kappa shape index (κ2) is 5.76. The number of nitrogens with one attached hydrogen (secondary N) is 1. The van der Waals surface area contributed by atoms with E-state index in [2.05, 4.69) is 10.3 Å². The Bertz CT molecular complexity index is 766. The molecule has 0 atom stereocenters. The Hall–Kier alpha value is -2.66. The lowest BCUT2D eigenvalue weighted by Crippen LogP contribution is -2.12. The van der Waals surface area contributed by atoms with E-state index in [1.54, 1.807) is 24.5 Å². The largest absolute Gasteiger partial charge is 0.475 e. The van der Waals surface area contributed by atoms with E-state index in [0.29, 0.717) is 12.1 Å². The fourth-order valence-electron chi connectivity index (χ4n) is 2.16. The molecule has 0 saturated carbocycles. The minimum absolute atomic E-state index is 0.0353. The average molecular weight is 282 g/mol. The molecule has 0 radical (unpaired) electrons. The quantitative estimate of drug-likeness (QED) is 0.752. The van der Waals surface area contributed by atoms with Crippen LogP contribution in [0, 0.1) is 0 Å². The maximum atomic E-state index is 10.9. The molecule has 0 aliphatic rings. The molecule has 0 spiro atoms. The topological polar surface area (TPSA) is 75.4 Å². The minimum Gasteiger partial charge on any atom is -0.475 e. The van der Waals surface area contributed by atoms with Gasteiger partial charge < -0.3 is 14.8 Å². The number of aromatic nitrogens is 1. The Morgan fingerprint density at radius 1 is 1.10 bits per heavy atom. The summed E-state index contributed by atoms with van der Waals surface area (Å²) < 4.78 is 5.23. The van der Waals surface area contributed by atoms with Gasteiger partial charge in [0.1, 0.15) is 5.58 Å². The van der Waals surface area contributed by atoms with Crippen molar-refractivity contribution in [1.29, 1.82) is 0 Å². The lowest BCUT2D eigenvalue weighted by Gasteiger charge is -2.04. The molecule has 106 valence electrons. The van der Waals surface area contributed by atoms with Crippen molar-refractivity contribution in [3.8, 4) is 0 Å². The average Bonchev–Trinajstić information content (AvgIpc) is 2.92.